The van der Waals surface area contributed by atoms with E-state index in [1.165, 1.54) is 45.9 Å². The first-order valence-electron chi connectivity index (χ1n) is 35.2. The number of thioether (sulfide) groups is 1. The smallest absolute Gasteiger partial charge is 0.326 e. The summed E-state index contributed by atoms with van der Waals surface area (Å²) in [5, 5.41) is 29.0. The number of ether oxygens (including phenoxy) is 1. The summed E-state index contributed by atoms with van der Waals surface area (Å²) in [6.45, 7) is 8.51. The van der Waals surface area contributed by atoms with Crippen LogP contribution in [0.25, 0.3) is 0 Å². The topological polar surface area (TPSA) is 300 Å². The second-order valence-corrected chi connectivity index (χ2v) is 36.3. The largest absolute Gasteiger partial charge is 0.480 e. The Labute approximate surface area is 573 Å². The summed E-state index contributed by atoms with van der Waals surface area (Å²) in [6.07, 6.45) is 17.5. The second kappa shape index (κ2) is 40.2. The van der Waals surface area contributed by atoms with Gasteiger partial charge in [-0.15, -0.1) is 0 Å². The van der Waals surface area contributed by atoms with Gasteiger partial charge in [-0.1, -0.05) is 189 Å². The van der Waals surface area contributed by atoms with Gasteiger partial charge >= 0.3 is 23.9 Å². The van der Waals surface area contributed by atoms with Crippen LogP contribution in [0.2, 0.25) is 0 Å². The molecule has 20 nitrogen and oxygen atoms in total. The van der Waals surface area contributed by atoms with Crippen LogP contribution in [-0.2, 0) is 75.8 Å². The van der Waals surface area contributed by atoms with E-state index in [1.54, 1.807) is 32.5 Å². The van der Waals surface area contributed by atoms with Crippen molar-refractivity contribution in [1.82, 2.24) is 14.7 Å². The van der Waals surface area contributed by atoms with Gasteiger partial charge in [-0.25, -0.2) is 14.4 Å². The predicted octanol–water partition coefficient (Wildman–Crippen LogP) is 13.4. The Bertz CT molecular complexity index is 3080. The van der Waals surface area contributed by atoms with Gasteiger partial charge < -0.3 is 44.5 Å². The molecule has 2 aliphatic carbocycles. The fourth-order valence-electron chi connectivity index (χ4n) is 14.1. The lowest BCUT2D eigenvalue weighted by Crippen LogP contribution is -2.42. The van der Waals surface area contributed by atoms with Crippen molar-refractivity contribution in [2.75, 3.05) is 62.4 Å². The number of carboxylic acid groups (broad SMARTS) is 3. The van der Waals surface area contributed by atoms with Crippen molar-refractivity contribution in [3.63, 3.8) is 0 Å². The van der Waals surface area contributed by atoms with Crippen molar-refractivity contribution in [1.29, 1.82) is 0 Å². The van der Waals surface area contributed by atoms with E-state index in [4.69, 9.17) is 9.26 Å². The van der Waals surface area contributed by atoms with Gasteiger partial charge in [-0.05, 0) is 117 Å². The minimum Gasteiger partial charge on any atom is -0.480 e. The first-order chi connectivity index (χ1) is 45.8. The summed E-state index contributed by atoms with van der Waals surface area (Å²) in [6, 6.07) is 26.8. The SMILES string of the molecule is CCC(=O)O[C@H](OP(=O)(CCCc1ccccc1)CC(=O)N1C[C@H](C2CCCCC2)C[C@H]1C(=O)O)C(C)C.CCCCS[C@@H]1C[C@@H](C(=O)O)N(C(=O)CP(=O)(O)CCCCc2ccccc2)C1.O=C(O)[C@@H]1C[C@@H](C2CCCCC2)CN1C(=O)CP(=O)(O)CCCc1ccccc1. The van der Waals surface area contributed by atoms with Crippen molar-refractivity contribution in [3.8, 4) is 0 Å². The van der Waals surface area contributed by atoms with Crippen LogP contribution in [-0.4, -0.2) is 173 Å². The summed E-state index contributed by atoms with van der Waals surface area (Å²) in [5.41, 5.74) is 3.37. The van der Waals surface area contributed by atoms with Gasteiger partial charge in [0.15, 0.2) is 0 Å². The third kappa shape index (κ3) is 26.8. The van der Waals surface area contributed by atoms with Crippen LogP contribution in [0.4, 0.5) is 0 Å². The summed E-state index contributed by atoms with van der Waals surface area (Å²) < 4.78 is 50.7. The van der Waals surface area contributed by atoms with Crippen LogP contribution in [0, 0.1) is 29.6 Å². The summed E-state index contributed by atoms with van der Waals surface area (Å²) >= 11 is 1.69. The lowest BCUT2D eigenvalue weighted by atomic mass is 9.79. The van der Waals surface area contributed by atoms with E-state index in [9.17, 15) is 72.4 Å². The third-order valence-electron chi connectivity index (χ3n) is 19.4. The van der Waals surface area contributed by atoms with Crippen LogP contribution in [0.15, 0.2) is 91.0 Å². The number of amides is 3. The molecule has 96 heavy (non-hydrogen) atoms. The first-order valence-corrected chi connectivity index (χ1v) is 42.3. The van der Waals surface area contributed by atoms with Crippen molar-refractivity contribution >= 4 is 75.5 Å². The number of benzene rings is 3. The van der Waals surface area contributed by atoms with E-state index >= 15 is 0 Å². The zero-order valence-electron chi connectivity index (χ0n) is 57.0. The minimum atomic E-state index is -3.63. The van der Waals surface area contributed by atoms with Crippen molar-refractivity contribution < 1.29 is 81.6 Å². The second-order valence-electron chi connectivity index (χ2n) is 27.4. The van der Waals surface area contributed by atoms with Gasteiger partial charge in [0.25, 0.3) is 0 Å². The van der Waals surface area contributed by atoms with E-state index in [2.05, 4.69) is 6.92 Å². The van der Waals surface area contributed by atoms with Crippen LogP contribution in [0.5, 0.6) is 0 Å². The molecule has 2 saturated carbocycles. The van der Waals surface area contributed by atoms with E-state index in [0.29, 0.717) is 82.8 Å². The van der Waals surface area contributed by atoms with Crippen molar-refractivity contribution in [3.05, 3.63) is 108 Å². The fourth-order valence-corrected chi connectivity index (χ4v) is 20.6. The van der Waals surface area contributed by atoms with Gasteiger partial charge in [0, 0.05) is 55.7 Å². The highest BCUT2D eigenvalue weighted by atomic mass is 32.2. The number of carbonyl (C=O) groups excluding carboxylic acids is 4. The monoisotopic (exact) mass is 1410 g/mol. The molecule has 0 aromatic heterocycles. The highest BCUT2D eigenvalue weighted by Gasteiger charge is 2.47. The molecule has 5 N–H and O–H groups in total. The zero-order chi connectivity index (χ0) is 69.8. The van der Waals surface area contributed by atoms with E-state index in [0.717, 1.165) is 81.1 Å². The van der Waals surface area contributed by atoms with E-state index in [1.807, 2.05) is 91.0 Å². The molecule has 0 bridgehead atoms. The van der Waals surface area contributed by atoms with Crippen LogP contribution < -0.4 is 0 Å². The molecular weight excluding hydrogens is 1300 g/mol. The molecule has 3 amide bonds. The number of carbonyl (C=O) groups is 7. The number of likely N-dealkylation sites (tertiary alicyclic amines) is 3. The molecule has 3 aliphatic heterocycles. The maximum absolute atomic E-state index is 14.2. The average Bonchev–Trinajstić information content (AvgIpc) is 1.58. The maximum Gasteiger partial charge on any atom is 0.326 e. The van der Waals surface area contributed by atoms with Crippen LogP contribution in [0.3, 0.4) is 0 Å². The summed E-state index contributed by atoms with van der Waals surface area (Å²) in [5.74, 6) is -3.07. The number of aryl methyl sites for hydroxylation is 3. The van der Waals surface area contributed by atoms with Gasteiger partial charge in [0.1, 0.15) is 36.6 Å². The predicted molar refractivity (Wildman–Crippen MR) is 376 cm³/mol. The van der Waals surface area contributed by atoms with Crippen LogP contribution >= 0.6 is 33.9 Å². The van der Waals surface area contributed by atoms with E-state index < -0.39 is 107 Å². The summed E-state index contributed by atoms with van der Waals surface area (Å²) in [7, 11) is -10.9. The zero-order valence-corrected chi connectivity index (χ0v) is 60.5. The normalized spacial score (nSPS) is 22.9. The fraction of sp³-hybridized carbons (Fsp3) is 0.653. The number of hydrogen-bond donors (Lipinski definition) is 5. The van der Waals surface area contributed by atoms with Gasteiger partial charge in [-0.3, -0.25) is 37.4 Å². The van der Waals surface area contributed by atoms with Gasteiger partial charge in [0.05, 0.1) is 0 Å². The Kier molecular flexibility index (Phi) is 33.4. The highest BCUT2D eigenvalue weighted by molar-refractivity contribution is 7.99. The number of hydrogen-bond acceptors (Lipinski definition) is 13. The molecule has 3 saturated heterocycles. The Morgan fingerprint density at radius 1 is 0.500 bits per heavy atom. The van der Waals surface area contributed by atoms with Crippen LogP contribution in [0.1, 0.15) is 173 Å². The molecule has 24 heteroatoms. The molecule has 0 radical (unpaired) electrons. The molecule has 3 aromatic rings. The number of unbranched alkanes of at least 4 members (excludes halogenated alkanes) is 2. The average molecular weight is 1410 g/mol. The number of rotatable bonds is 33. The summed E-state index contributed by atoms with van der Waals surface area (Å²) in [4.78, 5) is 111. The molecule has 3 aromatic carbocycles. The molecule has 3 heterocycles. The Hall–Kier alpha value is -5.13. The molecule has 5 aliphatic rings. The highest BCUT2D eigenvalue weighted by Crippen LogP contribution is 2.51. The quantitative estimate of drug-likeness (QED) is 0.0164. The van der Waals surface area contributed by atoms with Gasteiger partial charge in [0.2, 0.25) is 46.1 Å². The number of carboxylic acids is 3. The van der Waals surface area contributed by atoms with E-state index in [-0.39, 0.29) is 47.9 Å². The maximum atomic E-state index is 14.2. The lowest BCUT2D eigenvalue weighted by Gasteiger charge is -2.30. The molecular formula is C72H108N3O17P3S. The number of esters is 1. The Balaban J connectivity index is 0.000000231. The molecule has 10 atom stereocenters. The molecule has 0 spiro atoms. The molecule has 534 valence electrons. The molecule has 5 fully saturated rings. The number of nitrogens with zero attached hydrogens (tertiary/aromatic N) is 3. The molecule has 8 rings (SSSR count). The standard InChI is InChI=1S/C29H44NO7P.C22H32NO5P.C21H32NO5PS/c1-4-27(32)36-29(21(2)3)37-38(35,17-11-14-22-12-7-5-8-13-22)20-26(31)30-19-24(18-25(30)28(33)34)23-15-9-6-10-16-23;24-21(16-29(27,28)13-7-10-17-8-3-1-4-9-17)23-15-19(14-20(23)22(25)26)18-11-5-2-6-12-18;1-2-3-13-29-18-14-19(21(24)25)22(15-18)20(23)16-28(26,27)12-8-7-11-17-9-5-4-6-10-17/h5,7-8,12-13,21,23-25,29H,4,6,9-11,14-20H2,1-3H3,(H,33,34);1,3-4,8-9,18-20H,2,5-7,10-16H2,(H,25,26)(H,27,28);4-6,9-10,18-19H,2-3,7-8,11-16H2,1H3,(H,24,25)(H,26,27)/t24-,25+,29-,38?;19-,20+;18-,19+/m111/s1. The van der Waals surface area contributed by atoms with Crippen molar-refractivity contribution in [2.45, 2.75) is 205 Å². The number of aliphatic carboxylic acids is 3. The molecule has 3 unspecified atom stereocenters. The minimum absolute atomic E-state index is 0.0747. The lowest BCUT2D eigenvalue weighted by molar-refractivity contribution is -0.169. The third-order valence-corrected chi connectivity index (χ3v) is 26.7. The van der Waals surface area contributed by atoms with Gasteiger partial charge in [-0.2, -0.15) is 11.8 Å². The first kappa shape index (κ1) is 79.9. The Morgan fingerprint density at radius 2 is 0.896 bits per heavy atom. The van der Waals surface area contributed by atoms with Crippen molar-refractivity contribution in [2.24, 2.45) is 29.6 Å². The Morgan fingerprint density at radius 3 is 1.31 bits per heavy atom.